The molecule has 0 spiro atoms. The predicted octanol–water partition coefficient (Wildman–Crippen LogP) is 3.05. The van der Waals surface area contributed by atoms with Gasteiger partial charge in [-0.05, 0) is 36.8 Å². The number of hydrogen-bond donors (Lipinski definition) is 1. The molecule has 0 radical (unpaired) electrons. The second-order valence-corrected chi connectivity index (χ2v) is 5.91. The number of pyridine rings is 1. The molecule has 0 fully saturated rings. The van der Waals surface area contributed by atoms with Crippen LogP contribution in [0.1, 0.15) is 24.6 Å². The molecule has 0 aliphatic heterocycles. The van der Waals surface area contributed by atoms with Crippen molar-refractivity contribution in [2.45, 2.75) is 26.2 Å². The Hall–Kier alpha value is -2.36. The second-order valence-electron chi connectivity index (χ2n) is 5.91. The van der Waals surface area contributed by atoms with E-state index in [-0.39, 0.29) is 5.82 Å². The van der Waals surface area contributed by atoms with Crippen LogP contribution in [0.5, 0.6) is 0 Å². The van der Waals surface area contributed by atoms with E-state index in [9.17, 15) is 4.79 Å². The number of rotatable bonds is 0. The van der Waals surface area contributed by atoms with Gasteiger partial charge in [-0.1, -0.05) is 25.1 Å². The number of fused-ring (bicyclic) bond motifs is 5. The maximum absolute atomic E-state index is 12.3. The number of para-hydroxylation sites is 1. The van der Waals surface area contributed by atoms with Crippen molar-refractivity contribution in [1.82, 2.24) is 4.98 Å². The molecule has 4 nitrogen and oxygen atoms in total. The summed E-state index contributed by atoms with van der Waals surface area (Å²) in [6.45, 7) is 2.23. The van der Waals surface area contributed by atoms with E-state index in [1.54, 1.807) is 0 Å². The van der Waals surface area contributed by atoms with Crippen LogP contribution in [0.4, 0.5) is 5.82 Å². The first-order valence-corrected chi connectivity index (χ1v) is 7.28. The fourth-order valence-corrected chi connectivity index (χ4v) is 3.37. The van der Waals surface area contributed by atoms with Crippen LogP contribution in [0.3, 0.4) is 0 Å². The van der Waals surface area contributed by atoms with Crippen molar-refractivity contribution in [3.63, 3.8) is 0 Å². The van der Waals surface area contributed by atoms with Crippen LogP contribution in [-0.2, 0) is 12.8 Å². The number of nitrogen functional groups attached to an aromatic ring is 1. The van der Waals surface area contributed by atoms with E-state index in [0.29, 0.717) is 16.9 Å². The minimum atomic E-state index is -0.394. The Labute approximate surface area is 121 Å². The maximum Gasteiger partial charge on any atom is 0.347 e. The summed E-state index contributed by atoms with van der Waals surface area (Å²) in [5.41, 5.74) is 8.46. The van der Waals surface area contributed by atoms with Gasteiger partial charge in [0.1, 0.15) is 16.8 Å². The van der Waals surface area contributed by atoms with E-state index >= 15 is 0 Å². The molecule has 21 heavy (non-hydrogen) atoms. The summed E-state index contributed by atoms with van der Waals surface area (Å²) in [6.07, 6.45) is 2.97. The molecular formula is C17H16N2O2. The average molecular weight is 280 g/mol. The smallest absolute Gasteiger partial charge is 0.347 e. The van der Waals surface area contributed by atoms with Gasteiger partial charge in [0.15, 0.2) is 0 Å². The predicted molar refractivity (Wildman–Crippen MR) is 83.4 cm³/mol. The van der Waals surface area contributed by atoms with Crippen molar-refractivity contribution in [2.75, 3.05) is 5.73 Å². The summed E-state index contributed by atoms with van der Waals surface area (Å²) in [6, 6.07) is 7.64. The normalized spacial score (nSPS) is 18.0. The van der Waals surface area contributed by atoms with Gasteiger partial charge in [-0.2, -0.15) is 0 Å². The molecule has 0 saturated heterocycles. The molecule has 2 heterocycles. The van der Waals surface area contributed by atoms with Gasteiger partial charge in [0.2, 0.25) is 0 Å². The topological polar surface area (TPSA) is 69.1 Å². The zero-order valence-electron chi connectivity index (χ0n) is 11.8. The average Bonchev–Trinajstić information content (AvgIpc) is 2.47. The Morgan fingerprint density at radius 3 is 2.95 bits per heavy atom. The molecule has 2 aromatic heterocycles. The van der Waals surface area contributed by atoms with Crippen molar-refractivity contribution >= 4 is 27.6 Å². The lowest BCUT2D eigenvalue weighted by molar-refractivity contribution is 0.496. The van der Waals surface area contributed by atoms with Gasteiger partial charge >= 0.3 is 5.63 Å². The van der Waals surface area contributed by atoms with E-state index in [1.165, 1.54) is 5.56 Å². The Bertz CT molecular complexity index is 927. The van der Waals surface area contributed by atoms with Gasteiger partial charge in [-0.25, -0.2) is 9.78 Å². The van der Waals surface area contributed by atoms with Gasteiger partial charge in [0, 0.05) is 16.5 Å². The number of benzene rings is 1. The lowest BCUT2D eigenvalue weighted by Gasteiger charge is -2.23. The van der Waals surface area contributed by atoms with Gasteiger partial charge in [-0.3, -0.25) is 0 Å². The fourth-order valence-electron chi connectivity index (χ4n) is 3.37. The fraction of sp³-hybridized carbons (Fsp3) is 0.294. The summed E-state index contributed by atoms with van der Waals surface area (Å²) in [4.78, 5) is 16.8. The summed E-state index contributed by atoms with van der Waals surface area (Å²) >= 11 is 0. The summed E-state index contributed by atoms with van der Waals surface area (Å²) in [7, 11) is 0. The Balaban J connectivity index is 2.27. The highest BCUT2D eigenvalue weighted by Gasteiger charge is 2.23. The zero-order valence-corrected chi connectivity index (χ0v) is 11.8. The van der Waals surface area contributed by atoms with Crippen molar-refractivity contribution in [3.8, 4) is 0 Å². The number of aryl methyl sites for hydroxylation is 1. The van der Waals surface area contributed by atoms with Crippen LogP contribution in [0.15, 0.2) is 33.5 Å². The molecule has 1 atom stereocenters. The maximum atomic E-state index is 12.3. The van der Waals surface area contributed by atoms with Gasteiger partial charge in [0.25, 0.3) is 0 Å². The van der Waals surface area contributed by atoms with E-state index < -0.39 is 5.63 Å². The molecule has 0 unspecified atom stereocenters. The Morgan fingerprint density at radius 2 is 2.10 bits per heavy atom. The van der Waals surface area contributed by atoms with E-state index in [1.807, 2.05) is 24.3 Å². The largest absolute Gasteiger partial charge is 0.422 e. The third-order valence-electron chi connectivity index (χ3n) is 4.40. The molecule has 1 aliphatic carbocycles. The first-order chi connectivity index (χ1) is 10.1. The van der Waals surface area contributed by atoms with Crippen LogP contribution in [0.2, 0.25) is 0 Å². The lowest BCUT2D eigenvalue weighted by Crippen LogP contribution is -2.17. The molecule has 0 saturated carbocycles. The van der Waals surface area contributed by atoms with Crippen LogP contribution in [0, 0.1) is 5.92 Å². The first kappa shape index (κ1) is 12.4. The first-order valence-electron chi connectivity index (χ1n) is 7.28. The highest BCUT2D eigenvalue weighted by atomic mass is 16.4. The molecule has 4 heteroatoms. The summed E-state index contributed by atoms with van der Waals surface area (Å²) in [5, 5.41) is 2.32. The summed E-state index contributed by atoms with van der Waals surface area (Å²) < 4.78 is 5.40. The minimum Gasteiger partial charge on any atom is -0.422 e. The van der Waals surface area contributed by atoms with Crippen molar-refractivity contribution in [2.24, 2.45) is 5.92 Å². The van der Waals surface area contributed by atoms with Crippen molar-refractivity contribution in [1.29, 1.82) is 0 Å². The highest BCUT2D eigenvalue weighted by Crippen LogP contribution is 2.35. The number of aromatic nitrogens is 1. The lowest BCUT2D eigenvalue weighted by atomic mass is 9.85. The van der Waals surface area contributed by atoms with Crippen LogP contribution in [-0.4, -0.2) is 4.98 Å². The molecular weight excluding hydrogens is 264 g/mol. The Morgan fingerprint density at radius 1 is 1.29 bits per heavy atom. The number of nitrogens with zero attached hydrogens (tertiary/aromatic N) is 1. The van der Waals surface area contributed by atoms with E-state index in [2.05, 4.69) is 11.9 Å². The van der Waals surface area contributed by atoms with Gasteiger partial charge in [-0.15, -0.1) is 0 Å². The van der Waals surface area contributed by atoms with E-state index in [0.717, 1.165) is 35.7 Å². The molecule has 0 bridgehead atoms. The minimum absolute atomic E-state index is 0.290. The molecule has 4 rings (SSSR count). The van der Waals surface area contributed by atoms with Crippen LogP contribution < -0.4 is 11.4 Å². The molecule has 0 amide bonds. The van der Waals surface area contributed by atoms with Crippen LogP contribution >= 0.6 is 0 Å². The SMILES string of the molecule is C[C@@H]1CCc2nc(N)c3c(=O)oc4ccccc4c3c2C1. The molecule has 3 aromatic rings. The molecule has 2 N–H and O–H groups in total. The quantitative estimate of drug-likeness (QED) is 0.507. The van der Waals surface area contributed by atoms with Gasteiger partial charge < -0.3 is 10.2 Å². The van der Waals surface area contributed by atoms with Gasteiger partial charge in [0.05, 0.1) is 0 Å². The second kappa shape index (κ2) is 4.32. The number of hydrogen-bond acceptors (Lipinski definition) is 4. The molecule has 1 aliphatic rings. The Kier molecular flexibility index (Phi) is 2.55. The third kappa shape index (κ3) is 1.75. The zero-order chi connectivity index (χ0) is 14.6. The third-order valence-corrected chi connectivity index (χ3v) is 4.40. The van der Waals surface area contributed by atoms with Crippen molar-refractivity contribution in [3.05, 3.63) is 45.9 Å². The van der Waals surface area contributed by atoms with Crippen LogP contribution in [0.25, 0.3) is 21.7 Å². The summed E-state index contributed by atoms with van der Waals surface area (Å²) in [5.74, 6) is 0.884. The monoisotopic (exact) mass is 280 g/mol. The number of anilines is 1. The van der Waals surface area contributed by atoms with E-state index in [4.69, 9.17) is 10.2 Å². The highest BCUT2D eigenvalue weighted by molar-refractivity contribution is 6.09. The number of nitrogens with two attached hydrogens (primary N) is 1. The molecule has 1 aromatic carbocycles. The standard InChI is InChI=1S/C17H16N2O2/c1-9-6-7-12-11(8-9)14-10-4-2-3-5-13(10)21-17(20)15(14)16(18)19-12/h2-5,9H,6-8H2,1H3,(H2,18,19)/t9-/m1/s1. The molecule has 106 valence electrons. The van der Waals surface area contributed by atoms with Crippen molar-refractivity contribution < 1.29 is 4.42 Å².